The van der Waals surface area contributed by atoms with E-state index in [1.807, 2.05) is 36.7 Å². The molecule has 0 N–H and O–H groups in total. The minimum absolute atomic E-state index is 0.476. The maximum atomic E-state index is 10.4. The second-order valence-electron chi connectivity index (χ2n) is 4.79. The van der Waals surface area contributed by atoms with Crippen molar-refractivity contribution in [3.8, 4) is 0 Å². The predicted molar refractivity (Wildman–Crippen MR) is 80.6 cm³/mol. The van der Waals surface area contributed by atoms with Crippen LogP contribution in [0, 0.1) is 4.91 Å². The van der Waals surface area contributed by atoms with Gasteiger partial charge in [-0.15, -0.1) is 4.91 Å². The van der Waals surface area contributed by atoms with Crippen LogP contribution in [0.25, 0.3) is 0 Å². The highest BCUT2D eigenvalue weighted by Crippen LogP contribution is 2.22. The molecular formula is C15H16N4O. The van der Waals surface area contributed by atoms with Crippen LogP contribution in [0.2, 0.25) is 0 Å². The maximum absolute atomic E-state index is 10.4. The molecule has 1 aliphatic rings. The van der Waals surface area contributed by atoms with Gasteiger partial charge in [-0.25, -0.2) is 0 Å². The zero-order valence-corrected chi connectivity index (χ0v) is 11.1. The number of aromatic nitrogens is 1. The topological polar surface area (TPSA) is 48.8 Å². The lowest BCUT2D eigenvalue weighted by Gasteiger charge is -2.37. The van der Waals surface area contributed by atoms with Gasteiger partial charge in [0.2, 0.25) is 0 Å². The van der Waals surface area contributed by atoms with E-state index in [1.54, 1.807) is 12.1 Å². The monoisotopic (exact) mass is 268 g/mol. The Balaban J connectivity index is 1.64. The summed E-state index contributed by atoms with van der Waals surface area (Å²) >= 11 is 0. The standard InChI is InChI=1S/C15H16N4O/c20-17-13-1-3-14(4-2-13)18-9-11-19(12-10-18)15-5-7-16-8-6-15/h1-8H,9-12H2. The Morgan fingerprint density at radius 2 is 1.30 bits per heavy atom. The van der Waals surface area contributed by atoms with Gasteiger partial charge >= 0.3 is 0 Å². The van der Waals surface area contributed by atoms with Crippen LogP contribution in [-0.2, 0) is 0 Å². The number of pyridine rings is 1. The van der Waals surface area contributed by atoms with Crippen molar-refractivity contribution in [3.05, 3.63) is 53.7 Å². The third-order valence-corrected chi connectivity index (χ3v) is 3.63. The molecule has 5 heteroatoms. The average Bonchev–Trinajstić information content (AvgIpc) is 2.56. The van der Waals surface area contributed by atoms with Gasteiger partial charge in [0.25, 0.3) is 0 Å². The van der Waals surface area contributed by atoms with Gasteiger partial charge in [0.1, 0.15) is 5.69 Å². The summed E-state index contributed by atoms with van der Waals surface area (Å²) in [5, 5.41) is 2.93. The Morgan fingerprint density at radius 1 is 0.800 bits per heavy atom. The van der Waals surface area contributed by atoms with Crippen LogP contribution in [0.5, 0.6) is 0 Å². The van der Waals surface area contributed by atoms with Crippen molar-refractivity contribution in [2.45, 2.75) is 0 Å². The van der Waals surface area contributed by atoms with Crippen molar-refractivity contribution in [2.75, 3.05) is 36.0 Å². The smallest absolute Gasteiger partial charge is 0.108 e. The molecule has 2 heterocycles. The van der Waals surface area contributed by atoms with Gasteiger partial charge in [-0.05, 0) is 41.6 Å². The van der Waals surface area contributed by atoms with Gasteiger partial charge in [0, 0.05) is 49.9 Å². The van der Waals surface area contributed by atoms with Crippen LogP contribution >= 0.6 is 0 Å². The fraction of sp³-hybridized carbons (Fsp3) is 0.267. The molecule has 0 aliphatic carbocycles. The van der Waals surface area contributed by atoms with Crippen molar-refractivity contribution >= 4 is 17.1 Å². The molecule has 0 unspecified atom stereocenters. The third-order valence-electron chi connectivity index (χ3n) is 3.63. The van der Waals surface area contributed by atoms with E-state index < -0.39 is 0 Å². The molecule has 102 valence electrons. The SMILES string of the molecule is O=Nc1ccc(N2CCN(c3ccncc3)CC2)cc1. The Labute approximate surface area is 117 Å². The summed E-state index contributed by atoms with van der Waals surface area (Å²) in [6, 6.07) is 11.5. The quantitative estimate of drug-likeness (QED) is 0.803. The summed E-state index contributed by atoms with van der Waals surface area (Å²) in [4.78, 5) is 19.2. The van der Waals surface area contributed by atoms with Crippen molar-refractivity contribution in [1.82, 2.24) is 4.98 Å². The Morgan fingerprint density at radius 3 is 1.80 bits per heavy atom. The molecule has 3 rings (SSSR count). The van der Waals surface area contributed by atoms with Crippen molar-refractivity contribution in [2.24, 2.45) is 5.18 Å². The van der Waals surface area contributed by atoms with Crippen LogP contribution in [0.4, 0.5) is 17.1 Å². The fourth-order valence-electron chi connectivity index (χ4n) is 2.50. The Kier molecular flexibility index (Phi) is 3.58. The first kappa shape index (κ1) is 12.6. The number of anilines is 2. The Hall–Kier alpha value is -2.43. The molecule has 2 aromatic rings. The van der Waals surface area contributed by atoms with E-state index in [-0.39, 0.29) is 0 Å². The number of piperazine rings is 1. The Bertz CT molecular complexity index is 562. The van der Waals surface area contributed by atoms with Gasteiger partial charge in [0.15, 0.2) is 0 Å². The lowest BCUT2D eigenvalue weighted by atomic mass is 10.2. The molecule has 1 aromatic carbocycles. The minimum atomic E-state index is 0.476. The number of nitrogens with zero attached hydrogens (tertiary/aromatic N) is 4. The van der Waals surface area contributed by atoms with Gasteiger partial charge in [0.05, 0.1) is 0 Å². The first-order chi connectivity index (χ1) is 9.86. The van der Waals surface area contributed by atoms with E-state index in [0.29, 0.717) is 5.69 Å². The molecule has 5 nitrogen and oxygen atoms in total. The van der Waals surface area contributed by atoms with Gasteiger partial charge in [-0.3, -0.25) is 4.98 Å². The molecule has 0 bridgehead atoms. The second kappa shape index (κ2) is 5.69. The highest BCUT2D eigenvalue weighted by atomic mass is 16.3. The molecule has 1 aliphatic heterocycles. The summed E-state index contributed by atoms with van der Waals surface area (Å²) in [6.45, 7) is 3.90. The number of benzene rings is 1. The zero-order chi connectivity index (χ0) is 13.8. The normalized spacial score (nSPS) is 15.2. The molecule has 0 saturated carbocycles. The summed E-state index contributed by atoms with van der Waals surface area (Å²) < 4.78 is 0. The molecule has 20 heavy (non-hydrogen) atoms. The van der Waals surface area contributed by atoms with E-state index in [0.717, 1.165) is 31.9 Å². The molecule has 0 radical (unpaired) electrons. The van der Waals surface area contributed by atoms with Crippen molar-refractivity contribution in [3.63, 3.8) is 0 Å². The summed E-state index contributed by atoms with van der Waals surface area (Å²) in [7, 11) is 0. The van der Waals surface area contributed by atoms with Crippen LogP contribution < -0.4 is 9.80 Å². The summed E-state index contributed by atoms with van der Waals surface area (Å²) in [6.07, 6.45) is 3.65. The molecular weight excluding hydrogens is 252 g/mol. The van der Waals surface area contributed by atoms with Crippen LogP contribution in [-0.4, -0.2) is 31.2 Å². The van der Waals surface area contributed by atoms with E-state index in [4.69, 9.17) is 0 Å². The van der Waals surface area contributed by atoms with Gasteiger partial charge in [-0.2, -0.15) is 0 Å². The summed E-state index contributed by atoms with van der Waals surface area (Å²) in [5.41, 5.74) is 2.84. The van der Waals surface area contributed by atoms with Crippen molar-refractivity contribution in [1.29, 1.82) is 0 Å². The van der Waals surface area contributed by atoms with Crippen LogP contribution in [0.3, 0.4) is 0 Å². The molecule has 0 spiro atoms. The van der Waals surface area contributed by atoms with E-state index >= 15 is 0 Å². The number of hydrogen-bond donors (Lipinski definition) is 0. The minimum Gasteiger partial charge on any atom is -0.368 e. The summed E-state index contributed by atoms with van der Waals surface area (Å²) in [5.74, 6) is 0. The van der Waals surface area contributed by atoms with Crippen LogP contribution in [0.15, 0.2) is 54.0 Å². The van der Waals surface area contributed by atoms with E-state index in [1.165, 1.54) is 5.69 Å². The van der Waals surface area contributed by atoms with E-state index in [9.17, 15) is 4.91 Å². The molecule has 1 saturated heterocycles. The first-order valence-electron chi connectivity index (χ1n) is 6.70. The molecule has 1 fully saturated rings. The number of rotatable bonds is 3. The zero-order valence-electron chi connectivity index (χ0n) is 11.1. The van der Waals surface area contributed by atoms with Gasteiger partial charge in [-0.1, -0.05) is 0 Å². The van der Waals surface area contributed by atoms with Gasteiger partial charge < -0.3 is 9.80 Å². The first-order valence-corrected chi connectivity index (χ1v) is 6.70. The highest BCUT2D eigenvalue weighted by molar-refractivity contribution is 5.54. The highest BCUT2D eigenvalue weighted by Gasteiger charge is 2.17. The molecule has 1 aromatic heterocycles. The molecule has 0 amide bonds. The maximum Gasteiger partial charge on any atom is 0.108 e. The largest absolute Gasteiger partial charge is 0.368 e. The molecule has 0 atom stereocenters. The number of nitroso groups, excluding NO2 is 1. The lowest BCUT2D eigenvalue weighted by Crippen LogP contribution is -2.46. The van der Waals surface area contributed by atoms with E-state index in [2.05, 4.69) is 20.0 Å². The third kappa shape index (κ3) is 2.61. The van der Waals surface area contributed by atoms with Crippen molar-refractivity contribution < 1.29 is 0 Å². The van der Waals surface area contributed by atoms with Crippen LogP contribution in [0.1, 0.15) is 0 Å². The predicted octanol–water partition coefficient (Wildman–Crippen LogP) is 2.81. The second-order valence-corrected chi connectivity index (χ2v) is 4.79. The lowest BCUT2D eigenvalue weighted by molar-refractivity contribution is 0.653. The average molecular weight is 268 g/mol. The number of hydrogen-bond acceptors (Lipinski definition) is 5. The fourth-order valence-corrected chi connectivity index (χ4v) is 2.50.